The van der Waals surface area contributed by atoms with Gasteiger partial charge in [-0.2, -0.15) is 8.42 Å². The lowest BCUT2D eigenvalue weighted by atomic mass is 10.3. The van der Waals surface area contributed by atoms with Crippen LogP contribution in [0.1, 0.15) is 0 Å². The van der Waals surface area contributed by atoms with Gasteiger partial charge in [0.05, 0.1) is 0 Å². The number of aromatic hydroxyl groups is 1. The molecule has 0 radical (unpaired) electrons. The molecule has 0 aromatic heterocycles. The monoisotopic (exact) mass is 260 g/mol. The maximum atomic E-state index is 12.6. The quantitative estimate of drug-likeness (QED) is 0.652. The second-order valence-corrected chi connectivity index (χ2v) is 3.87. The average Bonchev–Trinajstić information content (AvgIpc) is 1.97. The molecular weight excluding hydrogens is 256 g/mol. The molecule has 0 atom stereocenters. The van der Waals surface area contributed by atoms with Crippen LogP contribution in [0, 0.1) is 0 Å². The van der Waals surface area contributed by atoms with Crippen molar-refractivity contribution in [2.75, 3.05) is 0 Å². The van der Waals surface area contributed by atoms with E-state index in [9.17, 15) is 25.5 Å². The largest absolute Gasteiger partial charge is 0.573 e. The zero-order chi connectivity index (χ0) is 12.6. The Labute approximate surface area is 87.3 Å². The zero-order valence-electron chi connectivity index (χ0n) is 7.32. The van der Waals surface area contributed by atoms with Crippen LogP contribution in [0.3, 0.4) is 0 Å². The Hall–Kier alpha value is -1.51. The van der Waals surface area contributed by atoms with Crippen molar-refractivity contribution in [1.82, 2.24) is 0 Å². The Bertz CT molecular complexity index is 494. The molecule has 0 aliphatic rings. The summed E-state index contributed by atoms with van der Waals surface area (Å²) >= 11 is 0. The van der Waals surface area contributed by atoms with Crippen LogP contribution in [0.15, 0.2) is 23.1 Å². The Morgan fingerprint density at radius 1 is 1.25 bits per heavy atom. The minimum atomic E-state index is -5.51. The van der Waals surface area contributed by atoms with Crippen molar-refractivity contribution in [3.63, 3.8) is 0 Å². The summed E-state index contributed by atoms with van der Waals surface area (Å²) in [6.45, 7) is 0. The number of phenolic OH excluding ortho intramolecular Hbond substituents is 1. The van der Waals surface area contributed by atoms with E-state index in [2.05, 4.69) is 4.74 Å². The fourth-order valence-electron chi connectivity index (χ4n) is 0.954. The van der Waals surface area contributed by atoms with Gasteiger partial charge in [-0.3, -0.25) is 0 Å². The number of ether oxygens (including phenoxy) is 1. The van der Waals surface area contributed by atoms with Gasteiger partial charge in [0, 0.05) is 0 Å². The molecule has 0 unspecified atom stereocenters. The first-order valence-electron chi connectivity index (χ1n) is 3.63. The van der Waals surface area contributed by atoms with Crippen LogP contribution >= 0.6 is 0 Å². The van der Waals surface area contributed by atoms with Gasteiger partial charge < -0.3 is 9.84 Å². The molecule has 0 saturated carbocycles. The smallest absolute Gasteiger partial charge is 0.506 e. The second kappa shape index (κ2) is 3.81. The van der Waals surface area contributed by atoms with Crippen LogP contribution in [0.4, 0.5) is 17.1 Å². The molecule has 1 N–H and O–H groups in total. The second-order valence-electron chi connectivity index (χ2n) is 2.59. The first kappa shape index (κ1) is 12.6. The van der Waals surface area contributed by atoms with E-state index in [0.29, 0.717) is 6.07 Å². The number of alkyl halides is 3. The van der Waals surface area contributed by atoms with Crippen molar-refractivity contribution in [3.05, 3.63) is 18.2 Å². The van der Waals surface area contributed by atoms with Gasteiger partial charge in [0.1, 0.15) is 5.75 Å². The first-order chi connectivity index (χ1) is 7.11. The topological polar surface area (TPSA) is 63.6 Å². The molecule has 1 aromatic carbocycles. The highest BCUT2D eigenvalue weighted by Crippen LogP contribution is 2.36. The summed E-state index contributed by atoms with van der Waals surface area (Å²) < 4.78 is 72.3. The van der Waals surface area contributed by atoms with Gasteiger partial charge in [0.15, 0.2) is 10.6 Å². The predicted molar refractivity (Wildman–Crippen MR) is 43.1 cm³/mol. The highest BCUT2D eigenvalue weighted by atomic mass is 32.3. The number of phenols is 1. The number of halogens is 4. The molecule has 0 aliphatic heterocycles. The number of hydrogen-bond donors (Lipinski definition) is 1. The van der Waals surface area contributed by atoms with E-state index >= 15 is 0 Å². The summed E-state index contributed by atoms with van der Waals surface area (Å²) in [5, 5.41) is 8.96. The van der Waals surface area contributed by atoms with E-state index < -0.39 is 33.0 Å². The van der Waals surface area contributed by atoms with Gasteiger partial charge in [-0.15, -0.1) is 17.1 Å². The summed E-state index contributed by atoms with van der Waals surface area (Å²) in [5.74, 6) is -2.49. The molecule has 0 heterocycles. The van der Waals surface area contributed by atoms with E-state index in [-0.39, 0.29) is 0 Å². The Kier molecular flexibility index (Phi) is 2.99. The predicted octanol–water partition coefficient (Wildman–Crippen LogP) is 1.95. The van der Waals surface area contributed by atoms with Crippen molar-refractivity contribution in [1.29, 1.82) is 0 Å². The molecule has 9 heteroatoms. The number of rotatable bonds is 2. The molecule has 0 bridgehead atoms. The third-order valence-corrected chi connectivity index (χ3v) is 2.33. The Morgan fingerprint density at radius 3 is 2.25 bits per heavy atom. The molecular formula is C7H4F4O4S. The summed E-state index contributed by atoms with van der Waals surface area (Å²) in [4.78, 5) is -1.55. The van der Waals surface area contributed by atoms with Gasteiger partial charge in [-0.05, 0) is 12.1 Å². The molecule has 1 rings (SSSR count). The summed E-state index contributed by atoms with van der Waals surface area (Å²) in [6, 6.07) is 2.17. The third kappa shape index (κ3) is 2.99. The van der Waals surface area contributed by atoms with Gasteiger partial charge >= 0.3 is 16.6 Å². The highest BCUT2D eigenvalue weighted by Gasteiger charge is 2.35. The van der Waals surface area contributed by atoms with Crippen LogP contribution < -0.4 is 4.74 Å². The van der Waals surface area contributed by atoms with Gasteiger partial charge in [-0.1, -0.05) is 6.07 Å². The minimum Gasteiger partial charge on any atom is -0.506 e. The lowest BCUT2D eigenvalue weighted by Crippen LogP contribution is -2.18. The Morgan fingerprint density at radius 2 is 1.81 bits per heavy atom. The summed E-state index contributed by atoms with van der Waals surface area (Å²) in [5.41, 5.74) is 0. The van der Waals surface area contributed by atoms with Crippen molar-refractivity contribution >= 4 is 10.2 Å². The first-order valence-corrected chi connectivity index (χ1v) is 5.02. The van der Waals surface area contributed by atoms with Crippen LogP contribution in [0.2, 0.25) is 0 Å². The zero-order valence-corrected chi connectivity index (χ0v) is 8.14. The normalized spacial score (nSPS) is 12.5. The molecule has 90 valence electrons. The summed E-state index contributed by atoms with van der Waals surface area (Å²) in [7, 11) is -5.51. The maximum absolute atomic E-state index is 12.6. The third-order valence-electron chi connectivity index (χ3n) is 1.43. The SMILES string of the molecule is O=S(=O)(F)c1c(O)cccc1OC(F)(F)F. The molecule has 16 heavy (non-hydrogen) atoms. The van der Waals surface area contributed by atoms with E-state index in [0.717, 1.165) is 12.1 Å². The lowest BCUT2D eigenvalue weighted by molar-refractivity contribution is -0.275. The van der Waals surface area contributed by atoms with Crippen molar-refractivity contribution in [2.45, 2.75) is 11.3 Å². The number of benzene rings is 1. The maximum Gasteiger partial charge on any atom is 0.573 e. The molecule has 4 nitrogen and oxygen atoms in total. The van der Waals surface area contributed by atoms with Crippen molar-refractivity contribution < 1.29 is 35.3 Å². The van der Waals surface area contributed by atoms with Crippen LogP contribution in [0.5, 0.6) is 11.5 Å². The van der Waals surface area contributed by atoms with E-state index in [1.54, 1.807) is 0 Å². The molecule has 0 spiro atoms. The van der Waals surface area contributed by atoms with Crippen LogP contribution in [-0.4, -0.2) is 19.9 Å². The van der Waals surface area contributed by atoms with Crippen molar-refractivity contribution in [3.8, 4) is 11.5 Å². The molecule has 0 fully saturated rings. The van der Waals surface area contributed by atoms with Crippen molar-refractivity contribution in [2.24, 2.45) is 0 Å². The molecule has 0 amide bonds. The van der Waals surface area contributed by atoms with E-state index in [1.165, 1.54) is 0 Å². The lowest BCUT2D eigenvalue weighted by Gasteiger charge is -2.11. The Balaban J connectivity index is 3.36. The summed E-state index contributed by atoms with van der Waals surface area (Å²) in [6.07, 6.45) is -5.19. The van der Waals surface area contributed by atoms with Crippen LogP contribution in [-0.2, 0) is 10.2 Å². The average molecular weight is 260 g/mol. The van der Waals surface area contributed by atoms with Gasteiger partial charge in [0.2, 0.25) is 0 Å². The van der Waals surface area contributed by atoms with Gasteiger partial charge in [-0.25, -0.2) is 0 Å². The van der Waals surface area contributed by atoms with E-state index in [4.69, 9.17) is 5.11 Å². The standard InChI is InChI=1S/C7H4F4O4S/c8-7(9,10)15-5-3-1-2-4(12)6(5)16(11,13)14/h1-3,12H. The minimum absolute atomic E-state index is 0.569. The highest BCUT2D eigenvalue weighted by molar-refractivity contribution is 7.86. The van der Waals surface area contributed by atoms with Crippen LogP contribution in [0.25, 0.3) is 0 Å². The molecule has 0 saturated heterocycles. The fourth-order valence-corrected chi connectivity index (χ4v) is 1.62. The fraction of sp³-hybridized carbons (Fsp3) is 0.143. The number of hydrogen-bond acceptors (Lipinski definition) is 4. The van der Waals surface area contributed by atoms with Gasteiger partial charge in [0.25, 0.3) is 0 Å². The van der Waals surface area contributed by atoms with E-state index in [1.807, 2.05) is 0 Å². The molecule has 0 aliphatic carbocycles. The molecule has 1 aromatic rings.